The molecule has 1 atom stereocenters. The predicted octanol–water partition coefficient (Wildman–Crippen LogP) is 3.23. The van der Waals surface area contributed by atoms with Crippen molar-refractivity contribution in [3.05, 3.63) is 58.6 Å². The minimum absolute atomic E-state index is 0.281. The zero-order valence-electron chi connectivity index (χ0n) is 10.9. The first-order chi connectivity index (χ1) is 9.47. The Morgan fingerprint density at radius 3 is 2.70 bits per heavy atom. The highest BCUT2D eigenvalue weighted by Crippen LogP contribution is 2.21. The Morgan fingerprint density at radius 1 is 1.30 bits per heavy atom. The Bertz CT molecular complexity index is 642. The van der Waals surface area contributed by atoms with Gasteiger partial charge in [-0.3, -0.25) is 4.79 Å². The van der Waals surface area contributed by atoms with E-state index in [9.17, 15) is 9.90 Å². The number of halogens is 1. The summed E-state index contributed by atoms with van der Waals surface area (Å²) in [5.74, 6) is -0.281. The second-order valence-electron chi connectivity index (χ2n) is 4.49. The molecule has 0 aromatic heterocycles. The van der Waals surface area contributed by atoms with Gasteiger partial charge in [-0.15, -0.1) is 0 Å². The van der Waals surface area contributed by atoms with Gasteiger partial charge in [0.1, 0.15) is 0 Å². The van der Waals surface area contributed by atoms with E-state index in [0.717, 1.165) is 5.56 Å². The van der Waals surface area contributed by atoms with Crippen LogP contribution in [0.4, 0.5) is 11.4 Å². The van der Waals surface area contributed by atoms with Crippen LogP contribution in [0.25, 0.3) is 0 Å². The van der Waals surface area contributed by atoms with Crippen molar-refractivity contribution in [1.29, 1.82) is 0 Å². The summed E-state index contributed by atoms with van der Waals surface area (Å²) in [7, 11) is 0. The molecule has 0 aliphatic rings. The number of rotatable bonds is 3. The largest absolute Gasteiger partial charge is 0.398 e. The summed E-state index contributed by atoms with van der Waals surface area (Å²) in [6.45, 7) is 1.67. The van der Waals surface area contributed by atoms with Crippen molar-refractivity contribution in [3.8, 4) is 0 Å². The molecule has 0 fully saturated rings. The van der Waals surface area contributed by atoms with Crippen LogP contribution in [0.1, 0.15) is 28.9 Å². The molecule has 0 aliphatic heterocycles. The van der Waals surface area contributed by atoms with Crippen molar-refractivity contribution < 1.29 is 9.90 Å². The first-order valence-electron chi connectivity index (χ1n) is 6.12. The summed E-state index contributed by atoms with van der Waals surface area (Å²) in [6.07, 6.45) is -0.585. The van der Waals surface area contributed by atoms with Gasteiger partial charge in [0.05, 0.1) is 16.8 Å². The van der Waals surface area contributed by atoms with E-state index >= 15 is 0 Å². The fraction of sp³-hybridized carbons (Fsp3) is 0.133. The molecule has 4 nitrogen and oxygen atoms in total. The molecule has 0 aliphatic carbocycles. The Morgan fingerprint density at radius 2 is 2.05 bits per heavy atom. The number of carbonyl (C=O) groups excluding carboxylic acids is 1. The number of hydrogen-bond acceptors (Lipinski definition) is 3. The number of nitrogen functional groups attached to an aromatic ring is 1. The van der Waals surface area contributed by atoms with Gasteiger partial charge in [-0.1, -0.05) is 23.7 Å². The average Bonchev–Trinajstić information content (AvgIpc) is 2.42. The van der Waals surface area contributed by atoms with Crippen molar-refractivity contribution in [2.45, 2.75) is 13.0 Å². The molecule has 0 radical (unpaired) electrons. The SMILES string of the molecule is C[C@H](O)c1cccc(NC(=O)c2ccc(Cl)c(N)c2)c1. The maximum Gasteiger partial charge on any atom is 0.255 e. The van der Waals surface area contributed by atoms with Gasteiger partial charge in [-0.2, -0.15) is 0 Å². The number of nitrogens with two attached hydrogens (primary N) is 1. The van der Waals surface area contributed by atoms with Crippen LogP contribution in [0, 0.1) is 0 Å². The van der Waals surface area contributed by atoms with Crippen LogP contribution < -0.4 is 11.1 Å². The smallest absolute Gasteiger partial charge is 0.255 e. The Hall–Kier alpha value is -2.04. The maximum atomic E-state index is 12.1. The lowest BCUT2D eigenvalue weighted by Gasteiger charge is -2.09. The monoisotopic (exact) mass is 290 g/mol. The normalized spacial score (nSPS) is 11.9. The highest BCUT2D eigenvalue weighted by atomic mass is 35.5. The molecular weight excluding hydrogens is 276 g/mol. The highest BCUT2D eigenvalue weighted by molar-refractivity contribution is 6.33. The average molecular weight is 291 g/mol. The van der Waals surface area contributed by atoms with Crippen LogP contribution in [0.15, 0.2) is 42.5 Å². The van der Waals surface area contributed by atoms with Crippen LogP contribution in [0.2, 0.25) is 5.02 Å². The van der Waals surface area contributed by atoms with E-state index in [1.54, 1.807) is 43.3 Å². The molecule has 0 spiro atoms. The van der Waals surface area contributed by atoms with E-state index < -0.39 is 6.10 Å². The fourth-order valence-electron chi connectivity index (χ4n) is 1.76. The zero-order valence-corrected chi connectivity index (χ0v) is 11.7. The predicted molar refractivity (Wildman–Crippen MR) is 80.9 cm³/mol. The van der Waals surface area contributed by atoms with Gasteiger partial charge >= 0.3 is 0 Å². The summed E-state index contributed by atoms with van der Waals surface area (Å²) < 4.78 is 0. The summed E-state index contributed by atoms with van der Waals surface area (Å²) in [6, 6.07) is 11.8. The van der Waals surface area contributed by atoms with E-state index in [0.29, 0.717) is 22.0 Å². The third-order valence-electron chi connectivity index (χ3n) is 2.89. The second kappa shape index (κ2) is 5.94. The van der Waals surface area contributed by atoms with Gasteiger partial charge in [0.2, 0.25) is 0 Å². The van der Waals surface area contributed by atoms with Crippen molar-refractivity contribution in [1.82, 2.24) is 0 Å². The number of hydrogen-bond donors (Lipinski definition) is 3. The molecule has 2 aromatic carbocycles. The molecule has 0 unspecified atom stereocenters. The van der Waals surface area contributed by atoms with Crippen LogP contribution in [0.3, 0.4) is 0 Å². The lowest BCUT2D eigenvalue weighted by Crippen LogP contribution is -2.12. The molecule has 0 saturated heterocycles. The van der Waals surface area contributed by atoms with E-state index in [4.69, 9.17) is 17.3 Å². The van der Waals surface area contributed by atoms with E-state index in [-0.39, 0.29) is 5.91 Å². The van der Waals surface area contributed by atoms with Crippen LogP contribution in [-0.2, 0) is 0 Å². The minimum atomic E-state index is -0.585. The van der Waals surface area contributed by atoms with E-state index in [1.807, 2.05) is 0 Å². The van der Waals surface area contributed by atoms with Crippen molar-refractivity contribution in [2.75, 3.05) is 11.1 Å². The number of nitrogens with one attached hydrogen (secondary N) is 1. The summed E-state index contributed by atoms with van der Waals surface area (Å²) in [5, 5.41) is 12.7. The molecule has 104 valence electrons. The number of amides is 1. The standard InChI is InChI=1S/C15H15ClN2O2/c1-9(19)10-3-2-4-12(7-10)18-15(20)11-5-6-13(16)14(17)8-11/h2-9,19H,17H2,1H3,(H,18,20)/t9-/m0/s1. The second-order valence-corrected chi connectivity index (χ2v) is 4.90. The number of anilines is 2. The van der Waals surface area contributed by atoms with Gasteiger partial charge in [0.25, 0.3) is 5.91 Å². The molecule has 20 heavy (non-hydrogen) atoms. The lowest BCUT2D eigenvalue weighted by atomic mass is 10.1. The first-order valence-corrected chi connectivity index (χ1v) is 6.49. The fourth-order valence-corrected chi connectivity index (χ4v) is 1.88. The third kappa shape index (κ3) is 3.29. The highest BCUT2D eigenvalue weighted by Gasteiger charge is 2.09. The lowest BCUT2D eigenvalue weighted by molar-refractivity contribution is 0.102. The molecule has 0 saturated carbocycles. The van der Waals surface area contributed by atoms with Crippen LogP contribution >= 0.6 is 11.6 Å². The van der Waals surface area contributed by atoms with Crippen molar-refractivity contribution in [2.24, 2.45) is 0 Å². The molecule has 1 amide bonds. The molecule has 2 rings (SSSR count). The third-order valence-corrected chi connectivity index (χ3v) is 3.23. The summed E-state index contributed by atoms with van der Waals surface area (Å²) in [5.41, 5.74) is 7.80. The van der Waals surface area contributed by atoms with Gasteiger partial charge in [0.15, 0.2) is 0 Å². The molecule has 0 heterocycles. The maximum absolute atomic E-state index is 12.1. The Balaban J connectivity index is 2.19. The summed E-state index contributed by atoms with van der Waals surface area (Å²) >= 11 is 5.82. The quantitative estimate of drug-likeness (QED) is 0.760. The number of aliphatic hydroxyl groups excluding tert-OH is 1. The van der Waals surface area contributed by atoms with Gasteiger partial charge in [-0.25, -0.2) is 0 Å². The molecular formula is C15H15ClN2O2. The molecule has 0 bridgehead atoms. The van der Waals surface area contributed by atoms with Gasteiger partial charge in [-0.05, 0) is 42.8 Å². The van der Waals surface area contributed by atoms with Crippen LogP contribution in [-0.4, -0.2) is 11.0 Å². The molecule has 2 aromatic rings. The van der Waals surface area contributed by atoms with Gasteiger partial charge < -0.3 is 16.2 Å². The summed E-state index contributed by atoms with van der Waals surface area (Å²) in [4.78, 5) is 12.1. The number of carbonyl (C=O) groups is 1. The van der Waals surface area contributed by atoms with Crippen LogP contribution in [0.5, 0.6) is 0 Å². The number of benzene rings is 2. The first kappa shape index (κ1) is 14.4. The van der Waals surface area contributed by atoms with E-state index in [2.05, 4.69) is 5.32 Å². The Kier molecular flexibility index (Phi) is 4.27. The minimum Gasteiger partial charge on any atom is -0.398 e. The van der Waals surface area contributed by atoms with Gasteiger partial charge in [0, 0.05) is 11.3 Å². The van der Waals surface area contributed by atoms with E-state index in [1.165, 1.54) is 6.07 Å². The van der Waals surface area contributed by atoms with Crippen molar-refractivity contribution >= 4 is 28.9 Å². The van der Waals surface area contributed by atoms with Crippen molar-refractivity contribution in [3.63, 3.8) is 0 Å². The molecule has 5 heteroatoms. The Labute approximate surface area is 122 Å². The number of aliphatic hydroxyl groups is 1. The molecule has 4 N–H and O–H groups in total. The topological polar surface area (TPSA) is 75.3 Å². The zero-order chi connectivity index (χ0) is 14.7.